The van der Waals surface area contributed by atoms with Gasteiger partial charge in [-0.15, -0.1) is 11.3 Å². The Bertz CT molecular complexity index is 790. The molecule has 112 valence electrons. The van der Waals surface area contributed by atoms with Crippen LogP contribution >= 0.6 is 11.3 Å². The third-order valence-corrected chi connectivity index (χ3v) is 4.35. The zero-order valence-electron chi connectivity index (χ0n) is 11.8. The van der Waals surface area contributed by atoms with Crippen molar-refractivity contribution in [2.24, 2.45) is 0 Å². The maximum atomic E-state index is 10.9. The van der Waals surface area contributed by atoms with Gasteiger partial charge in [-0.25, -0.2) is 0 Å². The first kappa shape index (κ1) is 14.4. The fraction of sp³-hybridized carbons (Fsp3) is 0.118. The molecule has 0 fully saturated rings. The molecule has 4 nitrogen and oxygen atoms in total. The number of rotatable bonds is 5. The minimum atomic E-state index is -0.831. The van der Waals surface area contributed by atoms with Gasteiger partial charge in [-0.1, -0.05) is 18.2 Å². The van der Waals surface area contributed by atoms with Crippen LogP contribution in [0.15, 0.2) is 53.9 Å². The van der Waals surface area contributed by atoms with Crippen molar-refractivity contribution in [3.8, 4) is 22.0 Å². The van der Waals surface area contributed by atoms with E-state index in [1.165, 1.54) is 0 Å². The van der Waals surface area contributed by atoms with Crippen molar-refractivity contribution >= 4 is 17.3 Å². The third kappa shape index (κ3) is 2.76. The molecule has 2 heterocycles. The summed E-state index contributed by atoms with van der Waals surface area (Å²) in [4.78, 5) is 11.9. The lowest BCUT2D eigenvalue weighted by atomic mass is 10.2. The molecule has 2 aromatic heterocycles. The molecule has 0 amide bonds. The highest BCUT2D eigenvalue weighted by Gasteiger charge is 2.15. The average Bonchev–Trinajstić information content (AvgIpc) is 3.14. The van der Waals surface area contributed by atoms with Crippen molar-refractivity contribution < 1.29 is 15.0 Å². The number of benzene rings is 1. The number of carboxylic acids is 1. The number of hydrogen-bond donors (Lipinski definition) is 2. The molecule has 1 aromatic carbocycles. The molecular weight excluding hydrogens is 298 g/mol. The molecule has 0 saturated heterocycles. The highest BCUT2D eigenvalue weighted by molar-refractivity contribution is 7.13. The molecule has 3 aromatic rings. The molecule has 3 rings (SSSR count). The van der Waals surface area contributed by atoms with Crippen LogP contribution in [-0.2, 0) is 11.2 Å². The first-order valence-corrected chi connectivity index (χ1v) is 7.79. The summed E-state index contributed by atoms with van der Waals surface area (Å²) in [5.41, 5.74) is 2.49. The van der Waals surface area contributed by atoms with Crippen molar-refractivity contribution in [3.63, 3.8) is 0 Å². The van der Waals surface area contributed by atoms with Gasteiger partial charge in [0, 0.05) is 5.69 Å². The van der Waals surface area contributed by atoms with Gasteiger partial charge in [-0.05, 0) is 42.1 Å². The van der Waals surface area contributed by atoms with Gasteiger partial charge in [-0.2, -0.15) is 0 Å². The van der Waals surface area contributed by atoms with Gasteiger partial charge in [0.25, 0.3) is 0 Å². The second-order valence-electron chi connectivity index (χ2n) is 4.91. The zero-order chi connectivity index (χ0) is 15.5. The average molecular weight is 313 g/mol. The van der Waals surface area contributed by atoms with Crippen molar-refractivity contribution in [1.29, 1.82) is 0 Å². The number of nitrogens with zero attached hydrogens (tertiary/aromatic N) is 1. The Hall–Kier alpha value is -2.53. The summed E-state index contributed by atoms with van der Waals surface area (Å²) in [5.74, 6) is -0.657. The fourth-order valence-corrected chi connectivity index (χ4v) is 3.20. The van der Waals surface area contributed by atoms with E-state index in [0.29, 0.717) is 12.1 Å². The topological polar surface area (TPSA) is 62.5 Å². The van der Waals surface area contributed by atoms with Crippen LogP contribution in [0.1, 0.15) is 12.1 Å². The maximum absolute atomic E-state index is 10.9. The van der Waals surface area contributed by atoms with Crippen molar-refractivity contribution in [3.05, 3.63) is 59.6 Å². The molecule has 0 aliphatic carbocycles. The Kier molecular flexibility index (Phi) is 3.98. The largest absolute Gasteiger partial charge is 0.506 e. The summed E-state index contributed by atoms with van der Waals surface area (Å²) >= 11 is 1.61. The second kappa shape index (κ2) is 6.07. The summed E-state index contributed by atoms with van der Waals surface area (Å²) in [6.45, 7) is 0. The molecule has 0 aliphatic rings. The minimum Gasteiger partial charge on any atom is -0.506 e. The Labute approximate surface area is 131 Å². The first-order valence-electron chi connectivity index (χ1n) is 6.91. The predicted molar refractivity (Wildman–Crippen MR) is 86.7 cm³/mol. The zero-order valence-corrected chi connectivity index (χ0v) is 12.6. The van der Waals surface area contributed by atoms with E-state index in [1.807, 2.05) is 46.3 Å². The molecule has 0 saturated carbocycles. The van der Waals surface area contributed by atoms with Crippen LogP contribution in [0, 0.1) is 0 Å². The molecule has 2 N–H and O–H groups in total. The number of carbonyl (C=O) groups is 1. The Morgan fingerprint density at radius 3 is 2.59 bits per heavy atom. The lowest BCUT2D eigenvalue weighted by molar-refractivity contribution is -0.136. The summed E-state index contributed by atoms with van der Waals surface area (Å²) in [7, 11) is 0. The SMILES string of the molecule is O=C(O)CCc1ccc(-c2cccs2)n1-c1ccccc1O. The van der Waals surface area contributed by atoms with Crippen LogP contribution in [-0.4, -0.2) is 20.7 Å². The molecule has 0 aliphatic heterocycles. The molecule has 0 bridgehead atoms. The molecule has 22 heavy (non-hydrogen) atoms. The van der Waals surface area contributed by atoms with Gasteiger partial charge in [0.2, 0.25) is 0 Å². The smallest absolute Gasteiger partial charge is 0.303 e. The summed E-state index contributed by atoms with van der Waals surface area (Å²) in [5, 5.41) is 21.1. The standard InChI is InChI=1S/C17H15NO3S/c19-15-5-2-1-4-13(15)18-12(8-10-17(20)21)7-9-14(18)16-6-3-11-22-16/h1-7,9,11,19H,8,10H2,(H,20,21). The highest BCUT2D eigenvalue weighted by Crippen LogP contribution is 2.33. The van der Waals surface area contributed by atoms with E-state index in [2.05, 4.69) is 0 Å². The quantitative estimate of drug-likeness (QED) is 0.750. The number of para-hydroxylation sites is 2. The highest BCUT2D eigenvalue weighted by atomic mass is 32.1. The van der Waals surface area contributed by atoms with Crippen molar-refractivity contribution in [1.82, 2.24) is 4.57 Å². The van der Waals surface area contributed by atoms with E-state index in [4.69, 9.17) is 5.11 Å². The molecule has 0 spiro atoms. The van der Waals surface area contributed by atoms with Crippen LogP contribution in [0.25, 0.3) is 16.3 Å². The van der Waals surface area contributed by atoms with Crippen LogP contribution in [0.5, 0.6) is 5.75 Å². The van der Waals surface area contributed by atoms with Crippen molar-refractivity contribution in [2.75, 3.05) is 0 Å². The van der Waals surface area contributed by atoms with Crippen LogP contribution < -0.4 is 0 Å². The van der Waals surface area contributed by atoms with Crippen molar-refractivity contribution in [2.45, 2.75) is 12.8 Å². The predicted octanol–water partition coefficient (Wildman–Crippen LogP) is 3.93. The van der Waals surface area contributed by atoms with Gasteiger partial charge in [0.15, 0.2) is 0 Å². The lowest BCUT2D eigenvalue weighted by Crippen LogP contribution is -2.05. The molecule has 5 heteroatoms. The Morgan fingerprint density at radius 1 is 1.09 bits per heavy atom. The monoisotopic (exact) mass is 313 g/mol. The van der Waals surface area contributed by atoms with Gasteiger partial charge in [-0.3, -0.25) is 4.79 Å². The van der Waals surface area contributed by atoms with E-state index in [0.717, 1.165) is 16.3 Å². The molecule has 0 radical (unpaired) electrons. The van der Waals surface area contributed by atoms with E-state index in [-0.39, 0.29) is 12.2 Å². The summed E-state index contributed by atoms with van der Waals surface area (Å²) < 4.78 is 1.93. The van der Waals surface area contributed by atoms with Gasteiger partial charge in [0.05, 0.1) is 22.7 Å². The fourth-order valence-electron chi connectivity index (χ4n) is 2.46. The number of thiophene rings is 1. The number of carboxylic acid groups (broad SMARTS) is 1. The molecule has 0 unspecified atom stereocenters. The Balaban J connectivity index is 2.13. The molecular formula is C17H15NO3S. The lowest BCUT2D eigenvalue weighted by Gasteiger charge is -2.14. The van der Waals surface area contributed by atoms with Crippen LogP contribution in [0.4, 0.5) is 0 Å². The number of aromatic nitrogens is 1. The minimum absolute atomic E-state index is 0.0570. The summed E-state index contributed by atoms with van der Waals surface area (Å²) in [6, 6.07) is 15.0. The van der Waals surface area contributed by atoms with Crippen LogP contribution in [0.3, 0.4) is 0 Å². The number of hydrogen-bond acceptors (Lipinski definition) is 3. The Morgan fingerprint density at radius 2 is 1.91 bits per heavy atom. The maximum Gasteiger partial charge on any atom is 0.303 e. The van der Waals surface area contributed by atoms with E-state index >= 15 is 0 Å². The van der Waals surface area contributed by atoms with Gasteiger partial charge < -0.3 is 14.8 Å². The van der Waals surface area contributed by atoms with Gasteiger partial charge in [0.1, 0.15) is 5.75 Å². The number of aliphatic carboxylic acids is 1. The number of phenols is 1. The first-order chi connectivity index (χ1) is 10.7. The number of aromatic hydroxyl groups is 1. The second-order valence-corrected chi connectivity index (χ2v) is 5.85. The number of aryl methyl sites for hydroxylation is 1. The van der Waals surface area contributed by atoms with E-state index in [9.17, 15) is 9.90 Å². The summed E-state index contributed by atoms with van der Waals surface area (Å²) in [6.07, 6.45) is 0.469. The van der Waals surface area contributed by atoms with E-state index < -0.39 is 5.97 Å². The number of phenolic OH excluding ortho intramolecular Hbond substituents is 1. The normalized spacial score (nSPS) is 10.7. The van der Waals surface area contributed by atoms with Gasteiger partial charge >= 0.3 is 5.97 Å². The van der Waals surface area contributed by atoms with E-state index in [1.54, 1.807) is 23.5 Å². The molecule has 0 atom stereocenters. The third-order valence-electron chi connectivity index (χ3n) is 3.45. The van der Waals surface area contributed by atoms with Crippen LogP contribution in [0.2, 0.25) is 0 Å².